The number of hydrogen-bond donors (Lipinski definition) is 2. The van der Waals surface area contributed by atoms with E-state index in [9.17, 15) is 18.5 Å². The number of nitrogens with one attached hydrogen (secondary N) is 1. The molecule has 0 radical (unpaired) electrons. The van der Waals surface area contributed by atoms with Crippen LogP contribution in [-0.4, -0.2) is 25.4 Å². The summed E-state index contributed by atoms with van der Waals surface area (Å²) >= 11 is 0. The average Bonchev–Trinajstić information content (AvgIpc) is 2.28. The lowest BCUT2D eigenvalue weighted by atomic mass is 10.1. The molecule has 0 bridgehead atoms. The van der Waals surface area contributed by atoms with E-state index in [1.54, 1.807) is 27.7 Å². The van der Waals surface area contributed by atoms with E-state index in [1.807, 2.05) is 0 Å². The van der Waals surface area contributed by atoms with Crippen LogP contribution in [0.25, 0.3) is 0 Å². The normalized spacial score (nSPS) is 11.9. The Bertz CT molecular complexity index is 639. The highest BCUT2D eigenvalue weighted by Crippen LogP contribution is 2.29. The van der Waals surface area contributed by atoms with Crippen molar-refractivity contribution in [2.75, 3.05) is 6.54 Å². The molecule has 0 spiro atoms. The van der Waals surface area contributed by atoms with E-state index in [1.165, 1.54) is 12.1 Å². The summed E-state index contributed by atoms with van der Waals surface area (Å²) in [5.74, 6) is 0. The summed E-state index contributed by atoms with van der Waals surface area (Å²) in [6, 6.07) is 2.73. The standard InChI is InChI=1S/C12H19N3O4S.ClH/c1-8-5-6-10(15(16)17)11(9(8)2)20(18,19)14-7-12(3,4)13;/h5-6,14H,7,13H2,1-4H3;1H. The van der Waals surface area contributed by atoms with Crippen molar-refractivity contribution in [3.63, 3.8) is 0 Å². The second kappa shape index (κ2) is 6.69. The molecule has 120 valence electrons. The van der Waals surface area contributed by atoms with Gasteiger partial charge in [0.05, 0.1) is 4.92 Å². The lowest BCUT2D eigenvalue weighted by Crippen LogP contribution is -2.45. The predicted octanol–water partition coefficient (Wildman–Crippen LogP) is 1.65. The molecule has 0 atom stereocenters. The molecule has 0 aliphatic heterocycles. The summed E-state index contributed by atoms with van der Waals surface area (Å²) in [5, 5.41) is 11.0. The van der Waals surface area contributed by atoms with E-state index in [2.05, 4.69) is 4.72 Å². The largest absolute Gasteiger partial charge is 0.324 e. The van der Waals surface area contributed by atoms with Crippen molar-refractivity contribution in [3.8, 4) is 0 Å². The van der Waals surface area contributed by atoms with Gasteiger partial charge in [-0.15, -0.1) is 12.4 Å². The van der Waals surface area contributed by atoms with Gasteiger partial charge in [-0.1, -0.05) is 6.07 Å². The van der Waals surface area contributed by atoms with Gasteiger partial charge in [0.15, 0.2) is 4.90 Å². The van der Waals surface area contributed by atoms with Crippen LogP contribution in [0.4, 0.5) is 5.69 Å². The fourth-order valence-corrected chi connectivity index (χ4v) is 3.30. The molecule has 1 aromatic carbocycles. The number of benzene rings is 1. The number of halogens is 1. The second-order valence-electron chi connectivity index (χ2n) is 5.43. The van der Waals surface area contributed by atoms with Gasteiger partial charge in [0, 0.05) is 18.2 Å². The van der Waals surface area contributed by atoms with Crippen molar-refractivity contribution in [3.05, 3.63) is 33.4 Å². The van der Waals surface area contributed by atoms with Crippen LogP contribution >= 0.6 is 12.4 Å². The number of hydrogen-bond acceptors (Lipinski definition) is 5. The number of rotatable bonds is 5. The Morgan fingerprint density at radius 1 is 1.33 bits per heavy atom. The first-order chi connectivity index (χ1) is 8.96. The smallest absolute Gasteiger partial charge is 0.289 e. The molecule has 1 rings (SSSR count). The van der Waals surface area contributed by atoms with Crippen molar-refractivity contribution in [2.45, 2.75) is 38.1 Å². The van der Waals surface area contributed by atoms with E-state index in [0.29, 0.717) is 11.1 Å². The summed E-state index contributed by atoms with van der Waals surface area (Å²) in [6.07, 6.45) is 0. The van der Waals surface area contributed by atoms with Gasteiger partial charge in [0.2, 0.25) is 10.0 Å². The van der Waals surface area contributed by atoms with Crippen LogP contribution in [0.1, 0.15) is 25.0 Å². The molecule has 1 aromatic rings. The van der Waals surface area contributed by atoms with E-state index in [-0.39, 0.29) is 23.8 Å². The Hall–Kier alpha value is -1.22. The van der Waals surface area contributed by atoms with E-state index in [0.717, 1.165) is 0 Å². The topological polar surface area (TPSA) is 115 Å². The van der Waals surface area contributed by atoms with Crippen LogP contribution in [0, 0.1) is 24.0 Å². The molecular formula is C12H20ClN3O4S. The van der Waals surface area contributed by atoms with Crippen LogP contribution < -0.4 is 10.5 Å². The Morgan fingerprint density at radius 3 is 2.29 bits per heavy atom. The molecule has 0 aliphatic rings. The number of nitrogens with two attached hydrogens (primary N) is 1. The Morgan fingerprint density at radius 2 is 1.86 bits per heavy atom. The van der Waals surface area contributed by atoms with Gasteiger partial charge in [0.25, 0.3) is 5.69 Å². The maximum Gasteiger partial charge on any atom is 0.289 e. The lowest BCUT2D eigenvalue weighted by molar-refractivity contribution is -0.387. The summed E-state index contributed by atoms with van der Waals surface area (Å²) in [5.41, 5.74) is 5.57. The fourth-order valence-electron chi connectivity index (χ4n) is 1.61. The first-order valence-electron chi connectivity index (χ1n) is 5.99. The maximum absolute atomic E-state index is 12.3. The third kappa shape index (κ3) is 4.92. The van der Waals surface area contributed by atoms with Crippen molar-refractivity contribution in [2.24, 2.45) is 5.73 Å². The van der Waals surface area contributed by atoms with Crippen molar-refractivity contribution in [1.29, 1.82) is 0 Å². The van der Waals surface area contributed by atoms with Gasteiger partial charge >= 0.3 is 0 Å². The minimum atomic E-state index is -3.99. The second-order valence-corrected chi connectivity index (χ2v) is 7.13. The Balaban J connectivity index is 0.00000400. The van der Waals surface area contributed by atoms with Crippen LogP contribution in [0.2, 0.25) is 0 Å². The zero-order valence-electron chi connectivity index (χ0n) is 12.3. The Kier molecular flexibility index (Phi) is 6.31. The first-order valence-corrected chi connectivity index (χ1v) is 7.47. The van der Waals surface area contributed by atoms with Gasteiger partial charge in [0.1, 0.15) is 0 Å². The molecule has 0 aromatic heterocycles. The average molecular weight is 338 g/mol. The summed E-state index contributed by atoms with van der Waals surface area (Å²) in [4.78, 5) is 10.0. The SMILES string of the molecule is Cc1ccc([N+](=O)[O-])c(S(=O)(=O)NCC(C)(C)N)c1C.Cl. The molecule has 3 N–H and O–H groups in total. The quantitative estimate of drug-likeness (QED) is 0.626. The third-order valence-electron chi connectivity index (χ3n) is 2.84. The molecule has 21 heavy (non-hydrogen) atoms. The zero-order chi connectivity index (χ0) is 15.7. The maximum atomic E-state index is 12.3. The van der Waals surface area contributed by atoms with Gasteiger partial charge in [-0.25, -0.2) is 13.1 Å². The predicted molar refractivity (Wildman–Crippen MR) is 83.3 cm³/mol. The van der Waals surface area contributed by atoms with Crippen molar-refractivity contribution < 1.29 is 13.3 Å². The summed E-state index contributed by atoms with van der Waals surface area (Å²) in [6.45, 7) is 6.55. The number of nitrogens with zero attached hydrogens (tertiary/aromatic N) is 1. The molecule has 0 fully saturated rings. The van der Waals surface area contributed by atoms with Crippen molar-refractivity contribution in [1.82, 2.24) is 4.72 Å². The third-order valence-corrected chi connectivity index (χ3v) is 4.42. The monoisotopic (exact) mass is 337 g/mol. The van der Waals surface area contributed by atoms with Gasteiger partial charge in [-0.2, -0.15) is 0 Å². The minimum Gasteiger partial charge on any atom is -0.324 e. The van der Waals surface area contributed by atoms with Gasteiger partial charge in [-0.3, -0.25) is 10.1 Å². The number of nitro groups is 1. The molecule has 0 saturated heterocycles. The molecule has 0 unspecified atom stereocenters. The number of nitro benzene ring substituents is 1. The highest BCUT2D eigenvalue weighted by atomic mass is 35.5. The van der Waals surface area contributed by atoms with E-state index >= 15 is 0 Å². The highest BCUT2D eigenvalue weighted by molar-refractivity contribution is 7.89. The minimum absolute atomic E-state index is 0. The van der Waals surface area contributed by atoms with Crippen LogP contribution in [0.5, 0.6) is 0 Å². The van der Waals surface area contributed by atoms with Crippen LogP contribution in [0.15, 0.2) is 17.0 Å². The molecule has 0 heterocycles. The first kappa shape index (κ1) is 19.8. The summed E-state index contributed by atoms with van der Waals surface area (Å²) < 4.78 is 26.9. The zero-order valence-corrected chi connectivity index (χ0v) is 14.0. The molecule has 7 nitrogen and oxygen atoms in total. The van der Waals surface area contributed by atoms with E-state index < -0.39 is 26.2 Å². The molecule has 0 amide bonds. The number of sulfonamides is 1. The lowest BCUT2D eigenvalue weighted by Gasteiger charge is -2.19. The molecule has 0 saturated carbocycles. The van der Waals surface area contributed by atoms with Gasteiger partial charge < -0.3 is 5.73 Å². The van der Waals surface area contributed by atoms with Gasteiger partial charge in [-0.05, 0) is 38.8 Å². The van der Waals surface area contributed by atoms with E-state index in [4.69, 9.17) is 5.73 Å². The molecule has 9 heteroatoms. The van der Waals surface area contributed by atoms with Crippen LogP contribution in [0.3, 0.4) is 0 Å². The van der Waals surface area contributed by atoms with Crippen molar-refractivity contribution >= 4 is 28.1 Å². The molecular weight excluding hydrogens is 318 g/mol. The number of aryl methyl sites for hydroxylation is 1. The Labute approximate surface area is 130 Å². The van der Waals surface area contributed by atoms with Crippen LogP contribution in [-0.2, 0) is 10.0 Å². The molecule has 0 aliphatic carbocycles. The summed E-state index contributed by atoms with van der Waals surface area (Å²) in [7, 11) is -3.99. The highest BCUT2D eigenvalue weighted by Gasteiger charge is 2.29. The fraction of sp³-hybridized carbons (Fsp3) is 0.500.